The van der Waals surface area contributed by atoms with Gasteiger partial charge in [0.25, 0.3) is 5.91 Å². The Morgan fingerprint density at radius 1 is 0.929 bits per heavy atom. The monoisotopic (exact) mass is 369 g/mol. The molecule has 0 bridgehead atoms. The number of carbonyl (C=O) groups excluding carboxylic acids is 2. The van der Waals surface area contributed by atoms with Crippen molar-refractivity contribution in [3.63, 3.8) is 0 Å². The lowest BCUT2D eigenvalue weighted by atomic mass is 9.93. The lowest BCUT2D eigenvalue weighted by Gasteiger charge is -2.26. The molecular formula is C24H19NO3. The highest BCUT2D eigenvalue weighted by Crippen LogP contribution is 2.33. The van der Waals surface area contributed by atoms with Gasteiger partial charge in [-0.2, -0.15) is 0 Å². The third-order valence-electron chi connectivity index (χ3n) is 5.53. The summed E-state index contributed by atoms with van der Waals surface area (Å²) in [5.74, 6) is -0.358. The van der Waals surface area contributed by atoms with Gasteiger partial charge in [0, 0.05) is 24.2 Å². The predicted molar refractivity (Wildman–Crippen MR) is 107 cm³/mol. The lowest BCUT2D eigenvalue weighted by Crippen LogP contribution is -2.29. The van der Waals surface area contributed by atoms with E-state index in [1.54, 1.807) is 12.1 Å². The molecular weight excluding hydrogens is 350 g/mol. The second-order valence-corrected chi connectivity index (χ2v) is 7.22. The summed E-state index contributed by atoms with van der Waals surface area (Å²) in [4.78, 5) is 27.4. The predicted octanol–water partition coefficient (Wildman–Crippen LogP) is 4.34. The number of amides is 1. The molecule has 5 rings (SSSR count). The Morgan fingerprint density at radius 2 is 1.71 bits per heavy atom. The molecule has 2 aliphatic heterocycles. The van der Waals surface area contributed by atoms with Gasteiger partial charge in [0.1, 0.15) is 6.10 Å². The molecule has 2 aliphatic rings. The number of hydrogen-bond acceptors (Lipinski definition) is 3. The van der Waals surface area contributed by atoms with Crippen molar-refractivity contribution in [2.45, 2.75) is 18.9 Å². The normalized spacial score (nSPS) is 17.6. The summed E-state index contributed by atoms with van der Waals surface area (Å²) in [5.41, 5.74) is 5.16. The number of carbonyl (C=O) groups is 2. The average molecular weight is 369 g/mol. The third kappa shape index (κ3) is 2.78. The SMILES string of the molecule is O=C1O[C@@H](c2ccccc2)Cc2cc(C(=O)N3CCc4ccccc43)ccc21. The Hall–Kier alpha value is -3.40. The Balaban J connectivity index is 1.46. The van der Waals surface area contributed by atoms with Gasteiger partial charge in [-0.05, 0) is 47.4 Å². The first kappa shape index (κ1) is 16.8. The smallest absolute Gasteiger partial charge is 0.339 e. The van der Waals surface area contributed by atoms with Crippen molar-refractivity contribution in [3.05, 3.63) is 101 Å². The number of hydrogen-bond donors (Lipinski definition) is 0. The zero-order chi connectivity index (χ0) is 19.1. The minimum atomic E-state index is -0.333. The summed E-state index contributed by atoms with van der Waals surface area (Å²) in [5, 5.41) is 0. The van der Waals surface area contributed by atoms with E-state index in [1.807, 2.05) is 59.5 Å². The molecule has 28 heavy (non-hydrogen) atoms. The fraction of sp³-hybridized carbons (Fsp3) is 0.167. The highest BCUT2D eigenvalue weighted by Gasteiger charge is 2.30. The van der Waals surface area contributed by atoms with E-state index in [0.29, 0.717) is 24.1 Å². The van der Waals surface area contributed by atoms with Crippen LogP contribution in [-0.4, -0.2) is 18.4 Å². The van der Waals surface area contributed by atoms with Crippen molar-refractivity contribution in [1.29, 1.82) is 0 Å². The van der Waals surface area contributed by atoms with Crippen LogP contribution in [0.1, 0.15) is 43.5 Å². The molecule has 3 aromatic rings. The molecule has 138 valence electrons. The summed E-state index contributed by atoms with van der Waals surface area (Å²) in [6.07, 6.45) is 1.12. The first-order valence-corrected chi connectivity index (χ1v) is 9.49. The molecule has 1 amide bonds. The molecule has 0 spiro atoms. The number of rotatable bonds is 2. The maximum absolute atomic E-state index is 13.1. The van der Waals surface area contributed by atoms with Gasteiger partial charge in [-0.1, -0.05) is 48.5 Å². The Bertz CT molecular complexity index is 1070. The minimum absolute atomic E-state index is 0.0250. The molecule has 0 N–H and O–H groups in total. The molecule has 0 saturated carbocycles. The topological polar surface area (TPSA) is 46.6 Å². The van der Waals surface area contributed by atoms with Crippen LogP contribution < -0.4 is 4.90 Å². The van der Waals surface area contributed by atoms with E-state index >= 15 is 0 Å². The summed E-state index contributed by atoms with van der Waals surface area (Å²) >= 11 is 0. The van der Waals surface area contributed by atoms with Crippen LogP contribution in [0.5, 0.6) is 0 Å². The van der Waals surface area contributed by atoms with Gasteiger partial charge in [0.15, 0.2) is 0 Å². The van der Waals surface area contributed by atoms with Gasteiger partial charge in [0.05, 0.1) is 5.56 Å². The highest BCUT2D eigenvalue weighted by atomic mass is 16.5. The largest absolute Gasteiger partial charge is 0.454 e. The molecule has 0 aromatic heterocycles. The third-order valence-corrected chi connectivity index (χ3v) is 5.53. The van der Waals surface area contributed by atoms with E-state index in [1.165, 1.54) is 5.56 Å². The maximum Gasteiger partial charge on any atom is 0.339 e. The maximum atomic E-state index is 13.1. The second kappa shape index (κ2) is 6.64. The number of ether oxygens (including phenoxy) is 1. The number of cyclic esters (lactones) is 1. The molecule has 0 radical (unpaired) electrons. The van der Waals surface area contributed by atoms with Gasteiger partial charge in [-0.25, -0.2) is 4.79 Å². The van der Waals surface area contributed by atoms with Crippen molar-refractivity contribution < 1.29 is 14.3 Å². The molecule has 0 saturated heterocycles. The van der Waals surface area contributed by atoms with E-state index in [2.05, 4.69) is 6.07 Å². The zero-order valence-electron chi connectivity index (χ0n) is 15.3. The molecule has 0 unspecified atom stereocenters. The van der Waals surface area contributed by atoms with Crippen LogP contribution in [-0.2, 0) is 17.6 Å². The van der Waals surface area contributed by atoms with Gasteiger partial charge in [-0.15, -0.1) is 0 Å². The van der Waals surface area contributed by atoms with Crippen LogP contribution in [0.4, 0.5) is 5.69 Å². The number of para-hydroxylation sites is 1. The summed E-state index contributed by atoms with van der Waals surface area (Å²) in [6.45, 7) is 0.684. The number of benzene rings is 3. The van der Waals surface area contributed by atoms with Crippen LogP contribution in [0.15, 0.2) is 72.8 Å². The fourth-order valence-corrected chi connectivity index (χ4v) is 4.09. The fourth-order valence-electron chi connectivity index (χ4n) is 4.09. The van der Waals surface area contributed by atoms with E-state index in [0.717, 1.165) is 23.2 Å². The molecule has 3 aromatic carbocycles. The molecule has 4 heteroatoms. The van der Waals surface area contributed by atoms with Crippen LogP contribution in [0, 0.1) is 0 Å². The number of esters is 1. The van der Waals surface area contributed by atoms with E-state index in [-0.39, 0.29) is 18.0 Å². The van der Waals surface area contributed by atoms with Crippen LogP contribution in [0.2, 0.25) is 0 Å². The Kier molecular flexibility index (Phi) is 3.97. The van der Waals surface area contributed by atoms with Gasteiger partial charge in [0.2, 0.25) is 0 Å². The zero-order valence-corrected chi connectivity index (χ0v) is 15.3. The summed E-state index contributed by atoms with van der Waals surface area (Å²) in [6, 6.07) is 23.0. The van der Waals surface area contributed by atoms with E-state index in [4.69, 9.17) is 4.74 Å². The molecule has 2 heterocycles. The lowest BCUT2D eigenvalue weighted by molar-refractivity contribution is 0.0252. The van der Waals surface area contributed by atoms with E-state index < -0.39 is 0 Å². The number of fused-ring (bicyclic) bond motifs is 2. The van der Waals surface area contributed by atoms with Crippen molar-refractivity contribution >= 4 is 17.6 Å². The molecule has 0 fully saturated rings. The number of anilines is 1. The van der Waals surface area contributed by atoms with Gasteiger partial charge < -0.3 is 9.64 Å². The van der Waals surface area contributed by atoms with Crippen LogP contribution in [0.3, 0.4) is 0 Å². The van der Waals surface area contributed by atoms with Crippen molar-refractivity contribution in [2.24, 2.45) is 0 Å². The summed E-state index contributed by atoms with van der Waals surface area (Å²) < 4.78 is 5.61. The van der Waals surface area contributed by atoms with Crippen molar-refractivity contribution in [3.8, 4) is 0 Å². The quantitative estimate of drug-likeness (QED) is 0.631. The van der Waals surface area contributed by atoms with Crippen LogP contribution in [0.25, 0.3) is 0 Å². The highest BCUT2D eigenvalue weighted by molar-refractivity contribution is 6.08. The average Bonchev–Trinajstić information content (AvgIpc) is 3.17. The number of nitrogens with zero attached hydrogens (tertiary/aromatic N) is 1. The Labute approximate surface area is 163 Å². The summed E-state index contributed by atoms with van der Waals surface area (Å²) in [7, 11) is 0. The van der Waals surface area contributed by atoms with Gasteiger partial charge >= 0.3 is 5.97 Å². The van der Waals surface area contributed by atoms with Crippen LogP contribution >= 0.6 is 0 Å². The minimum Gasteiger partial charge on any atom is -0.454 e. The first-order chi connectivity index (χ1) is 13.7. The van der Waals surface area contributed by atoms with Crippen molar-refractivity contribution in [1.82, 2.24) is 0 Å². The van der Waals surface area contributed by atoms with E-state index in [9.17, 15) is 9.59 Å². The van der Waals surface area contributed by atoms with Gasteiger partial charge in [-0.3, -0.25) is 4.79 Å². The standard InChI is InChI=1S/C24H19NO3/c26-23(25-13-12-16-6-4-5-9-21(16)25)18-10-11-20-19(14-18)15-22(28-24(20)27)17-7-2-1-3-8-17/h1-11,14,22H,12-13,15H2/t22-/m1/s1. The Morgan fingerprint density at radius 3 is 2.57 bits per heavy atom. The first-order valence-electron chi connectivity index (χ1n) is 9.49. The molecule has 1 atom stereocenters. The molecule has 4 nitrogen and oxygen atoms in total. The molecule has 0 aliphatic carbocycles. The second-order valence-electron chi connectivity index (χ2n) is 7.22. The van der Waals surface area contributed by atoms with Crippen molar-refractivity contribution in [2.75, 3.05) is 11.4 Å².